The molecule has 2 N–H and O–H groups in total. The fourth-order valence-electron chi connectivity index (χ4n) is 0.874. The third kappa shape index (κ3) is 4.61. The van der Waals surface area contributed by atoms with Gasteiger partial charge in [0.2, 0.25) is 0 Å². The van der Waals surface area contributed by atoms with E-state index in [1.807, 2.05) is 13.0 Å². The third-order valence-corrected chi connectivity index (χ3v) is 2.88. The van der Waals surface area contributed by atoms with Crippen LogP contribution in [-0.4, -0.2) is 11.5 Å². The van der Waals surface area contributed by atoms with Crippen LogP contribution in [0, 0.1) is 0 Å². The molecular formula is C8H12N2S3. The highest BCUT2D eigenvalue weighted by Crippen LogP contribution is 2.19. The van der Waals surface area contributed by atoms with Crippen LogP contribution in [0.1, 0.15) is 11.8 Å². The second-order valence-corrected chi connectivity index (χ2v) is 5.16. The first-order valence-corrected chi connectivity index (χ1v) is 5.63. The minimum Gasteiger partial charge on any atom is -0.316 e. The van der Waals surface area contributed by atoms with Gasteiger partial charge in [-0.1, -0.05) is 12.2 Å². The Balaban J connectivity index is 2.16. The van der Waals surface area contributed by atoms with Crippen LogP contribution in [0.25, 0.3) is 0 Å². The summed E-state index contributed by atoms with van der Waals surface area (Å²) in [5, 5.41) is 0. The quantitative estimate of drug-likeness (QED) is 0.320. The highest BCUT2D eigenvalue weighted by molar-refractivity contribution is 7.82. The van der Waals surface area contributed by atoms with Crippen molar-refractivity contribution in [3.63, 3.8) is 0 Å². The van der Waals surface area contributed by atoms with Gasteiger partial charge in [-0.05, 0) is 25.5 Å². The van der Waals surface area contributed by atoms with Gasteiger partial charge in [0.25, 0.3) is 0 Å². The molecule has 1 rings (SSSR count). The lowest BCUT2D eigenvalue weighted by Crippen LogP contribution is -2.35. The smallest absolute Gasteiger partial charge is 0.0863 e. The van der Waals surface area contributed by atoms with Gasteiger partial charge in [-0.25, -0.2) is 5.43 Å². The van der Waals surface area contributed by atoms with E-state index in [9.17, 15) is 0 Å². The molecule has 72 valence electrons. The molecule has 1 aromatic rings. The maximum Gasteiger partial charge on any atom is 0.0863 e. The Morgan fingerprint density at radius 1 is 1.62 bits per heavy atom. The highest BCUT2D eigenvalue weighted by atomic mass is 32.2. The van der Waals surface area contributed by atoms with Gasteiger partial charge in [0.05, 0.1) is 9.20 Å². The SMILES string of the molecule is CC(=S)NNCCc1ccc(S)s1. The van der Waals surface area contributed by atoms with Crippen molar-refractivity contribution in [1.82, 2.24) is 10.9 Å². The number of nitrogens with one attached hydrogen (secondary N) is 2. The summed E-state index contributed by atoms with van der Waals surface area (Å²) in [4.78, 5) is 2.10. The molecule has 0 saturated heterocycles. The third-order valence-electron chi connectivity index (χ3n) is 1.41. The van der Waals surface area contributed by atoms with Gasteiger partial charge >= 0.3 is 0 Å². The fourth-order valence-corrected chi connectivity index (χ4v) is 2.12. The molecule has 0 saturated carbocycles. The molecule has 0 radical (unpaired) electrons. The molecule has 0 aliphatic rings. The summed E-state index contributed by atoms with van der Waals surface area (Å²) in [7, 11) is 0. The van der Waals surface area contributed by atoms with Crippen molar-refractivity contribution < 1.29 is 0 Å². The van der Waals surface area contributed by atoms with E-state index in [2.05, 4.69) is 29.5 Å². The molecule has 2 nitrogen and oxygen atoms in total. The van der Waals surface area contributed by atoms with Crippen LogP contribution >= 0.6 is 36.2 Å². The monoisotopic (exact) mass is 232 g/mol. The van der Waals surface area contributed by atoms with Crippen molar-refractivity contribution >= 4 is 41.2 Å². The van der Waals surface area contributed by atoms with Crippen molar-refractivity contribution in [3.8, 4) is 0 Å². The zero-order chi connectivity index (χ0) is 9.68. The molecule has 0 aliphatic carbocycles. The molecule has 5 heteroatoms. The molecule has 0 fully saturated rings. The number of thiocarbonyl (C=S) groups is 1. The minimum absolute atomic E-state index is 0.765. The first-order valence-electron chi connectivity index (χ1n) is 3.95. The van der Waals surface area contributed by atoms with Crippen LogP contribution in [0.3, 0.4) is 0 Å². The van der Waals surface area contributed by atoms with Crippen LogP contribution in [0.4, 0.5) is 0 Å². The first kappa shape index (κ1) is 11.0. The molecule has 0 amide bonds. The number of hydrazine groups is 1. The minimum atomic E-state index is 0.765. The average molecular weight is 232 g/mol. The van der Waals surface area contributed by atoms with Crippen LogP contribution in [0.15, 0.2) is 16.3 Å². The van der Waals surface area contributed by atoms with Gasteiger partial charge in [0.15, 0.2) is 0 Å². The Kier molecular flexibility index (Phi) is 4.72. The first-order chi connectivity index (χ1) is 6.18. The van der Waals surface area contributed by atoms with E-state index < -0.39 is 0 Å². The van der Waals surface area contributed by atoms with Crippen LogP contribution < -0.4 is 10.9 Å². The molecule has 0 atom stereocenters. The molecule has 0 aliphatic heterocycles. The number of hydrogen-bond acceptors (Lipinski definition) is 4. The number of rotatable bonds is 4. The molecule has 1 heterocycles. The van der Waals surface area contributed by atoms with E-state index in [1.54, 1.807) is 11.3 Å². The zero-order valence-electron chi connectivity index (χ0n) is 7.33. The largest absolute Gasteiger partial charge is 0.316 e. The van der Waals surface area contributed by atoms with Gasteiger partial charge in [0, 0.05) is 11.4 Å². The predicted octanol–water partition coefficient (Wildman–Crippen LogP) is 2.02. The van der Waals surface area contributed by atoms with Crippen molar-refractivity contribution in [3.05, 3.63) is 17.0 Å². The highest BCUT2D eigenvalue weighted by Gasteiger charge is 1.96. The van der Waals surface area contributed by atoms with Crippen molar-refractivity contribution in [2.75, 3.05) is 6.54 Å². The molecule has 0 unspecified atom stereocenters. The average Bonchev–Trinajstić information content (AvgIpc) is 2.45. The Morgan fingerprint density at radius 3 is 2.92 bits per heavy atom. The summed E-state index contributed by atoms with van der Waals surface area (Å²) in [6.07, 6.45) is 1.00. The van der Waals surface area contributed by atoms with E-state index in [-0.39, 0.29) is 0 Å². The van der Waals surface area contributed by atoms with E-state index in [0.29, 0.717) is 0 Å². The molecule has 0 bridgehead atoms. The molecule has 1 aromatic heterocycles. The Hall–Kier alpha value is -0.100. The van der Waals surface area contributed by atoms with E-state index in [4.69, 9.17) is 12.2 Å². The molecule has 0 aromatic carbocycles. The second kappa shape index (κ2) is 5.59. The Labute approximate surface area is 93.1 Å². The molecule has 0 spiro atoms. The Morgan fingerprint density at radius 2 is 2.38 bits per heavy atom. The van der Waals surface area contributed by atoms with E-state index in [0.717, 1.165) is 22.2 Å². The van der Waals surface area contributed by atoms with Gasteiger partial charge < -0.3 is 5.43 Å². The maximum absolute atomic E-state index is 4.85. The number of hydrogen-bond donors (Lipinski definition) is 3. The lowest BCUT2D eigenvalue weighted by molar-refractivity contribution is 0.657. The molecule has 13 heavy (non-hydrogen) atoms. The summed E-state index contributed by atoms with van der Waals surface area (Å²) >= 11 is 10.8. The number of thiol groups is 1. The van der Waals surface area contributed by atoms with Crippen molar-refractivity contribution in [1.29, 1.82) is 0 Å². The molecular weight excluding hydrogens is 220 g/mol. The van der Waals surface area contributed by atoms with E-state index >= 15 is 0 Å². The predicted molar refractivity (Wildman–Crippen MR) is 64.7 cm³/mol. The standard InChI is InChI=1S/C8H12N2S3/c1-6(11)10-9-5-4-7-2-3-8(12)13-7/h2-3,9,12H,4-5H2,1H3,(H,10,11). The summed E-state index contributed by atoms with van der Waals surface area (Å²) in [6.45, 7) is 2.72. The summed E-state index contributed by atoms with van der Waals surface area (Å²) in [6, 6.07) is 4.11. The van der Waals surface area contributed by atoms with Gasteiger partial charge in [-0.2, -0.15) is 0 Å². The fraction of sp³-hybridized carbons (Fsp3) is 0.375. The van der Waals surface area contributed by atoms with Crippen molar-refractivity contribution in [2.24, 2.45) is 0 Å². The van der Waals surface area contributed by atoms with Crippen LogP contribution in [-0.2, 0) is 6.42 Å². The second-order valence-electron chi connectivity index (χ2n) is 2.60. The van der Waals surface area contributed by atoms with Crippen LogP contribution in [0.5, 0.6) is 0 Å². The van der Waals surface area contributed by atoms with Gasteiger partial charge in [-0.15, -0.1) is 24.0 Å². The summed E-state index contributed by atoms with van der Waals surface area (Å²) in [5.41, 5.74) is 5.92. The maximum atomic E-state index is 4.85. The summed E-state index contributed by atoms with van der Waals surface area (Å²) < 4.78 is 1.06. The lowest BCUT2D eigenvalue weighted by atomic mass is 10.3. The lowest BCUT2D eigenvalue weighted by Gasteiger charge is -2.04. The van der Waals surface area contributed by atoms with Crippen molar-refractivity contribution in [2.45, 2.75) is 17.6 Å². The summed E-state index contributed by atoms with van der Waals surface area (Å²) in [5.74, 6) is 0. The van der Waals surface area contributed by atoms with Gasteiger partial charge in [0.1, 0.15) is 0 Å². The van der Waals surface area contributed by atoms with Gasteiger partial charge in [-0.3, -0.25) is 0 Å². The van der Waals surface area contributed by atoms with Crippen LogP contribution in [0.2, 0.25) is 0 Å². The number of thiophene rings is 1. The normalized spacial score (nSPS) is 10.0. The Bertz CT molecular complexity index is 283. The zero-order valence-corrected chi connectivity index (χ0v) is 9.86. The van der Waals surface area contributed by atoms with E-state index in [1.165, 1.54) is 4.88 Å². The topological polar surface area (TPSA) is 24.1 Å².